The molecule has 0 spiro atoms. The van der Waals surface area contributed by atoms with Crippen LogP contribution in [0, 0.1) is 22.7 Å². The van der Waals surface area contributed by atoms with Gasteiger partial charge in [-0.05, 0) is 25.0 Å². The summed E-state index contributed by atoms with van der Waals surface area (Å²) in [6, 6.07) is 7.11. The molecule has 0 radical (unpaired) electrons. The summed E-state index contributed by atoms with van der Waals surface area (Å²) >= 11 is 0. The van der Waals surface area contributed by atoms with Crippen LogP contribution in [0.1, 0.15) is 30.9 Å². The van der Waals surface area contributed by atoms with E-state index in [9.17, 15) is 14.9 Å². The number of nitriles is 2. The number of rotatable bonds is 3. The number of imidazole rings is 1. The van der Waals surface area contributed by atoms with Crippen LogP contribution in [0.4, 0.5) is 0 Å². The normalized spacial score (nSPS) is 16.2. The van der Waals surface area contributed by atoms with Gasteiger partial charge in [-0.2, -0.15) is 15.6 Å². The highest BCUT2D eigenvalue weighted by Crippen LogP contribution is 2.26. The Morgan fingerprint density at radius 1 is 1.31 bits per heavy atom. The molecule has 4 aromatic heterocycles. The van der Waals surface area contributed by atoms with Crippen LogP contribution in [-0.4, -0.2) is 53.0 Å². The maximum atomic E-state index is 12.8. The van der Waals surface area contributed by atoms with Gasteiger partial charge < -0.3 is 9.88 Å². The minimum atomic E-state index is -0.322. The Bertz CT molecular complexity index is 1500. The zero-order valence-electron chi connectivity index (χ0n) is 16.9. The van der Waals surface area contributed by atoms with Gasteiger partial charge in [0, 0.05) is 19.3 Å². The number of piperidine rings is 1. The minimum Gasteiger partial charge on any atom is -0.340 e. The lowest BCUT2D eigenvalue weighted by molar-refractivity contribution is -0.131. The maximum absolute atomic E-state index is 12.8. The molecule has 11 nitrogen and oxygen atoms in total. The standard InChI is InChI=1S/C21H17N9O2/c22-5-3-18(31)28-6-1-2-14(12-28)30-20-16(26-21(30)32)11-24-19(27-20)15-10-25-29-7-4-13(9-23)8-17(15)29/h4,7-8,10-11,14H,1-3,6,12H2,(H,26,32)/t14-/m1/s1. The number of amides is 1. The van der Waals surface area contributed by atoms with E-state index in [1.54, 1.807) is 44.7 Å². The summed E-state index contributed by atoms with van der Waals surface area (Å²) in [4.78, 5) is 38.4. The first-order valence-electron chi connectivity index (χ1n) is 10.1. The van der Waals surface area contributed by atoms with Crippen molar-refractivity contribution in [2.75, 3.05) is 13.1 Å². The van der Waals surface area contributed by atoms with Crippen LogP contribution in [0.15, 0.2) is 35.5 Å². The van der Waals surface area contributed by atoms with Crippen molar-refractivity contribution in [2.24, 2.45) is 0 Å². The largest absolute Gasteiger partial charge is 0.340 e. The lowest BCUT2D eigenvalue weighted by Crippen LogP contribution is -2.42. The molecule has 5 rings (SSSR count). The van der Waals surface area contributed by atoms with E-state index in [4.69, 9.17) is 5.26 Å². The van der Waals surface area contributed by atoms with E-state index in [0.29, 0.717) is 53.1 Å². The van der Waals surface area contributed by atoms with E-state index in [1.165, 1.54) is 0 Å². The van der Waals surface area contributed by atoms with Crippen LogP contribution in [0.25, 0.3) is 28.1 Å². The molecule has 0 saturated carbocycles. The lowest BCUT2D eigenvalue weighted by Gasteiger charge is -2.32. The van der Waals surface area contributed by atoms with Gasteiger partial charge in [0.1, 0.15) is 11.9 Å². The van der Waals surface area contributed by atoms with Gasteiger partial charge >= 0.3 is 5.69 Å². The van der Waals surface area contributed by atoms with E-state index in [-0.39, 0.29) is 24.1 Å². The molecule has 5 heterocycles. The second kappa shape index (κ2) is 7.63. The smallest absolute Gasteiger partial charge is 0.328 e. The zero-order valence-corrected chi connectivity index (χ0v) is 16.9. The number of hydrogen-bond donors (Lipinski definition) is 1. The van der Waals surface area contributed by atoms with Gasteiger partial charge in [-0.15, -0.1) is 0 Å². The van der Waals surface area contributed by atoms with Crippen molar-refractivity contribution in [1.82, 2.24) is 34.0 Å². The number of aromatic amines is 1. The zero-order chi connectivity index (χ0) is 22.2. The molecule has 1 aliphatic rings. The monoisotopic (exact) mass is 427 g/mol. The molecule has 1 aliphatic heterocycles. The topological polar surface area (TPSA) is 149 Å². The van der Waals surface area contributed by atoms with Crippen molar-refractivity contribution in [3.05, 3.63) is 46.8 Å². The number of fused-ring (bicyclic) bond motifs is 2. The van der Waals surface area contributed by atoms with Crippen molar-refractivity contribution >= 4 is 22.6 Å². The molecule has 0 unspecified atom stereocenters. The van der Waals surface area contributed by atoms with E-state index in [2.05, 4.69) is 26.1 Å². The molecule has 11 heteroatoms. The number of pyridine rings is 1. The fraction of sp³-hybridized carbons (Fsp3) is 0.286. The number of nitrogens with one attached hydrogen (secondary N) is 1. The fourth-order valence-corrected chi connectivity index (χ4v) is 4.18. The number of carbonyl (C=O) groups is 1. The van der Waals surface area contributed by atoms with Gasteiger partial charge in [0.15, 0.2) is 11.5 Å². The van der Waals surface area contributed by atoms with Crippen LogP contribution >= 0.6 is 0 Å². The van der Waals surface area contributed by atoms with Crippen molar-refractivity contribution in [2.45, 2.75) is 25.3 Å². The van der Waals surface area contributed by atoms with E-state index in [0.717, 1.165) is 6.42 Å². The quantitative estimate of drug-likeness (QED) is 0.519. The van der Waals surface area contributed by atoms with Gasteiger partial charge in [0.05, 0.1) is 47.2 Å². The van der Waals surface area contributed by atoms with Crippen molar-refractivity contribution < 1.29 is 4.79 Å². The summed E-state index contributed by atoms with van der Waals surface area (Å²) in [5.41, 5.74) is 2.42. The molecule has 1 saturated heterocycles. The highest BCUT2D eigenvalue weighted by molar-refractivity contribution is 5.80. The predicted octanol–water partition coefficient (Wildman–Crippen LogP) is 1.38. The first kappa shape index (κ1) is 19.5. The fourth-order valence-electron chi connectivity index (χ4n) is 4.18. The Labute approximate surface area is 181 Å². The van der Waals surface area contributed by atoms with E-state index in [1.807, 2.05) is 6.07 Å². The number of carbonyl (C=O) groups excluding carboxylic acids is 1. The number of hydrogen-bond acceptors (Lipinski definition) is 7. The van der Waals surface area contributed by atoms with Crippen molar-refractivity contribution in [3.8, 4) is 23.5 Å². The van der Waals surface area contributed by atoms with Gasteiger partial charge in [0.25, 0.3) is 0 Å². The Morgan fingerprint density at radius 3 is 3.00 bits per heavy atom. The molecule has 1 amide bonds. The van der Waals surface area contributed by atoms with Crippen LogP contribution < -0.4 is 5.69 Å². The molecule has 158 valence electrons. The van der Waals surface area contributed by atoms with Crippen molar-refractivity contribution in [3.63, 3.8) is 0 Å². The highest BCUT2D eigenvalue weighted by Gasteiger charge is 2.27. The van der Waals surface area contributed by atoms with E-state index < -0.39 is 0 Å². The molecule has 1 fully saturated rings. The minimum absolute atomic E-state index is 0.179. The first-order chi connectivity index (χ1) is 15.6. The molecule has 0 aromatic carbocycles. The molecule has 1 N–H and O–H groups in total. The summed E-state index contributed by atoms with van der Waals surface area (Å²) in [6.07, 6.45) is 6.12. The third-order valence-electron chi connectivity index (χ3n) is 5.69. The number of likely N-dealkylation sites (tertiary alicyclic amines) is 1. The number of aromatic nitrogens is 6. The third kappa shape index (κ3) is 3.17. The second-order valence-corrected chi connectivity index (χ2v) is 7.62. The average molecular weight is 427 g/mol. The highest BCUT2D eigenvalue weighted by atomic mass is 16.2. The summed E-state index contributed by atoms with van der Waals surface area (Å²) < 4.78 is 3.20. The number of H-pyrrole nitrogens is 1. The summed E-state index contributed by atoms with van der Waals surface area (Å²) in [7, 11) is 0. The summed E-state index contributed by atoms with van der Waals surface area (Å²) in [5.74, 6) is 0.142. The molecule has 4 aromatic rings. The van der Waals surface area contributed by atoms with Crippen LogP contribution in [-0.2, 0) is 4.79 Å². The van der Waals surface area contributed by atoms with Gasteiger partial charge in [0.2, 0.25) is 5.91 Å². The average Bonchev–Trinajstić information content (AvgIpc) is 3.38. The second-order valence-electron chi connectivity index (χ2n) is 7.62. The van der Waals surface area contributed by atoms with Gasteiger partial charge in [-0.3, -0.25) is 9.36 Å². The van der Waals surface area contributed by atoms with Crippen LogP contribution in [0.3, 0.4) is 0 Å². The molecule has 32 heavy (non-hydrogen) atoms. The molecular formula is C21H17N9O2. The Kier molecular flexibility index (Phi) is 4.64. The first-order valence-corrected chi connectivity index (χ1v) is 10.1. The van der Waals surface area contributed by atoms with Crippen molar-refractivity contribution in [1.29, 1.82) is 10.5 Å². The Morgan fingerprint density at radius 2 is 2.19 bits per heavy atom. The van der Waals surface area contributed by atoms with Gasteiger partial charge in [-0.1, -0.05) is 0 Å². The molecular weight excluding hydrogens is 410 g/mol. The molecule has 0 bridgehead atoms. The summed E-state index contributed by atoms with van der Waals surface area (Å²) in [6.45, 7) is 0.910. The molecule has 0 aliphatic carbocycles. The van der Waals surface area contributed by atoms with Crippen LogP contribution in [0.5, 0.6) is 0 Å². The SMILES string of the molecule is N#CCC(=O)N1CCC[C@@H](n2c(=O)[nH]c3cnc(-c4cnn5ccc(C#N)cc45)nc32)C1. The van der Waals surface area contributed by atoms with Crippen LogP contribution in [0.2, 0.25) is 0 Å². The number of nitrogens with zero attached hydrogens (tertiary/aromatic N) is 8. The third-order valence-corrected chi connectivity index (χ3v) is 5.69. The van der Waals surface area contributed by atoms with Gasteiger partial charge in [-0.25, -0.2) is 19.3 Å². The Hall–Kier alpha value is -4.51. The lowest BCUT2D eigenvalue weighted by atomic mass is 10.1. The van der Waals surface area contributed by atoms with E-state index >= 15 is 0 Å². The molecule has 1 atom stereocenters. The summed E-state index contributed by atoms with van der Waals surface area (Å²) in [5, 5.41) is 22.3. The Balaban J connectivity index is 1.58. The maximum Gasteiger partial charge on any atom is 0.328 e. The predicted molar refractivity (Wildman–Crippen MR) is 112 cm³/mol.